The summed E-state index contributed by atoms with van der Waals surface area (Å²) in [5.41, 5.74) is 5.45. The molecule has 2 aromatic heterocycles. The number of esters is 1. The van der Waals surface area contributed by atoms with Gasteiger partial charge in [-0.3, -0.25) is 4.57 Å². The molecule has 2 heterocycles. The zero-order chi connectivity index (χ0) is 29.3. The summed E-state index contributed by atoms with van der Waals surface area (Å²) in [4.78, 5) is 32.3. The van der Waals surface area contributed by atoms with Crippen molar-refractivity contribution in [2.75, 3.05) is 19.8 Å². The van der Waals surface area contributed by atoms with Crippen LogP contribution >= 0.6 is 0 Å². The fourth-order valence-corrected chi connectivity index (χ4v) is 4.66. The number of carbonyl (C=O) groups is 1. The zero-order valence-electron chi connectivity index (χ0n) is 22.9. The van der Waals surface area contributed by atoms with Gasteiger partial charge in [0.05, 0.1) is 43.0 Å². The van der Waals surface area contributed by atoms with E-state index in [0.717, 1.165) is 22.3 Å². The smallest absolute Gasteiger partial charge is 0.340 e. The topological polar surface area (TPSA) is 160 Å². The van der Waals surface area contributed by atoms with Gasteiger partial charge in [0.1, 0.15) is 0 Å². The normalized spacial score (nSPS) is 11.0. The van der Waals surface area contributed by atoms with E-state index in [1.807, 2.05) is 66.1 Å². The van der Waals surface area contributed by atoms with E-state index in [1.54, 1.807) is 12.1 Å². The lowest BCUT2D eigenvalue weighted by Crippen LogP contribution is -2.11. The fourth-order valence-electron chi connectivity index (χ4n) is 4.66. The lowest BCUT2D eigenvalue weighted by Gasteiger charge is -2.13. The van der Waals surface area contributed by atoms with Crippen molar-refractivity contribution in [2.24, 2.45) is 0 Å². The monoisotopic (exact) mass is 571 g/mol. The predicted molar refractivity (Wildman–Crippen MR) is 152 cm³/mol. The average molecular weight is 572 g/mol. The van der Waals surface area contributed by atoms with Gasteiger partial charge >= 0.3 is 5.97 Å². The van der Waals surface area contributed by atoms with E-state index in [2.05, 4.69) is 30.4 Å². The number of nitrogens with one attached hydrogen (secondary N) is 1. The molecule has 0 bridgehead atoms. The second-order valence-electron chi connectivity index (χ2n) is 9.32. The Morgan fingerprint density at radius 2 is 1.76 bits per heavy atom. The number of nitrogens with zero attached hydrogens (tertiary/aromatic N) is 6. The van der Waals surface area contributed by atoms with Crippen LogP contribution in [0.25, 0.3) is 33.5 Å². The highest BCUT2D eigenvalue weighted by Crippen LogP contribution is 2.31. The summed E-state index contributed by atoms with van der Waals surface area (Å²) in [6.07, 6.45) is 1.70. The number of hydrogen-bond acceptors (Lipinski definition) is 10. The van der Waals surface area contributed by atoms with Crippen LogP contribution in [-0.2, 0) is 16.1 Å². The minimum atomic E-state index is -0.813. The van der Waals surface area contributed by atoms with Crippen molar-refractivity contribution in [1.82, 2.24) is 30.2 Å². The maximum atomic E-state index is 13.1. The first-order valence-electron chi connectivity index (χ1n) is 13.5. The number of hydrogen-bond donors (Lipinski definition) is 1. The number of benzene rings is 3. The van der Waals surface area contributed by atoms with Crippen LogP contribution in [0, 0.1) is 10.1 Å². The molecular weight excluding hydrogens is 542 g/mol. The highest BCUT2D eigenvalue weighted by molar-refractivity contribution is 6.02. The second-order valence-corrected chi connectivity index (χ2v) is 9.32. The Balaban J connectivity index is 1.35. The molecule has 0 radical (unpaired) electrons. The SMILES string of the molecule is CCOc1nc2cccc(C(=O)OCCCCCO[N+](=O)[O-])c2n1Cc1ccc(-c2ccccc2-c2nn[nH]n2)cc1. The summed E-state index contributed by atoms with van der Waals surface area (Å²) < 4.78 is 13.3. The van der Waals surface area contributed by atoms with Gasteiger partial charge < -0.3 is 14.3 Å². The summed E-state index contributed by atoms with van der Waals surface area (Å²) in [5.74, 6) is 0.0453. The van der Waals surface area contributed by atoms with Gasteiger partial charge in [0.25, 0.3) is 11.1 Å². The zero-order valence-corrected chi connectivity index (χ0v) is 22.9. The first-order valence-corrected chi connectivity index (χ1v) is 13.5. The lowest BCUT2D eigenvalue weighted by molar-refractivity contribution is -0.757. The average Bonchev–Trinajstić information content (AvgIpc) is 3.66. The summed E-state index contributed by atoms with van der Waals surface area (Å²) >= 11 is 0. The third-order valence-corrected chi connectivity index (χ3v) is 6.56. The summed E-state index contributed by atoms with van der Waals surface area (Å²) in [6.45, 7) is 2.92. The van der Waals surface area contributed by atoms with E-state index in [9.17, 15) is 14.9 Å². The summed E-state index contributed by atoms with van der Waals surface area (Å²) in [5, 5.41) is 23.9. The maximum absolute atomic E-state index is 13.1. The van der Waals surface area contributed by atoms with Crippen LogP contribution in [0.3, 0.4) is 0 Å². The van der Waals surface area contributed by atoms with Gasteiger partial charge in [-0.25, -0.2) is 4.79 Å². The minimum absolute atomic E-state index is 0.0198. The van der Waals surface area contributed by atoms with Crippen LogP contribution in [0.1, 0.15) is 42.1 Å². The Labute approximate surface area is 240 Å². The molecule has 42 heavy (non-hydrogen) atoms. The van der Waals surface area contributed by atoms with Crippen LogP contribution < -0.4 is 4.74 Å². The van der Waals surface area contributed by atoms with E-state index in [0.29, 0.717) is 60.8 Å². The number of aromatic amines is 1. The van der Waals surface area contributed by atoms with Gasteiger partial charge in [0.2, 0.25) is 5.82 Å². The number of fused-ring (bicyclic) bond motifs is 1. The van der Waals surface area contributed by atoms with Crippen molar-refractivity contribution in [1.29, 1.82) is 0 Å². The van der Waals surface area contributed by atoms with E-state index in [1.165, 1.54) is 0 Å². The molecule has 3 aromatic carbocycles. The van der Waals surface area contributed by atoms with Gasteiger partial charge in [-0.15, -0.1) is 20.3 Å². The third-order valence-electron chi connectivity index (χ3n) is 6.56. The Bertz CT molecular complexity index is 1650. The van der Waals surface area contributed by atoms with Crippen molar-refractivity contribution in [3.05, 3.63) is 88.0 Å². The molecule has 0 saturated carbocycles. The fraction of sp³-hybridized carbons (Fsp3) is 0.276. The first-order chi connectivity index (χ1) is 20.5. The molecule has 1 N–H and O–H groups in total. The van der Waals surface area contributed by atoms with Crippen LogP contribution in [-0.4, -0.2) is 61.1 Å². The lowest BCUT2D eigenvalue weighted by atomic mass is 9.98. The molecule has 0 aliphatic rings. The van der Waals surface area contributed by atoms with E-state index < -0.39 is 11.1 Å². The van der Waals surface area contributed by atoms with Crippen molar-refractivity contribution in [2.45, 2.75) is 32.7 Å². The van der Waals surface area contributed by atoms with Crippen molar-refractivity contribution in [3.63, 3.8) is 0 Å². The number of imidazole rings is 1. The first kappa shape index (κ1) is 28.2. The number of aromatic nitrogens is 6. The van der Waals surface area contributed by atoms with Gasteiger partial charge in [-0.1, -0.05) is 54.6 Å². The Morgan fingerprint density at radius 3 is 2.50 bits per heavy atom. The van der Waals surface area contributed by atoms with Crippen molar-refractivity contribution < 1.29 is 24.2 Å². The van der Waals surface area contributed by atoms with E-state index >= 15 is 0 Å². The number of carbonyl (C=O) groups excluding carboxylic acids is 1. The molecule has 0 amide bonds. The molecule has 0 spiro atoms. The molecule has 13 heteroatoms. The van der Waals surface area contributed by atoms with Crippen LogP contribution in [0.2, 0.25) is 0 Å². The highest BCUT2D eigenvalue weighted by Gasteiger charge is 2.20. The molecule has 0 unspecified atom stereocenters. The molecule has 0 atom stereocenters. The van der Waals surface area contributed by atoms with Crippen molar-refractivity contribution >= 4 is 17.0 Å². The number of unbranched alkanes of at least 4 members (excludes halogenated alkanes) is 2. The molecule has 0 aliphatic heterocycles. The number of tetrazole rings is 1. The summed E-state index contributed by atoms with van der Waals surface area (Å²) in [7, 11) is 0. The molecular formula is C29H29N7O6. The Hall–Kier alpha value is -5.33. The molecule has 5 rings (SSSR count). The summed E-state index contributed by atoms with van der Waals surface area (Å²) in [6, 6.07) is 21.7. The number of rotatable bonds is 14. The minimum Gasteiger partial charge on any atom is -0.465 e. The van der Waals surface area contributed by atoms with E-state index in [-0.39, 0.29) is 13.2 Å². The van der Waals surface area contributed by atoms with Crippen LogP contribution in [0.4, 0.5) is 0 Å². The van der Waals surface area contributed by atoms with Crippen molar-refractivity contribution in [3.8, 4) is 28.5 Å². The predicted octanol–water partition coefficient (Wildman–Crippen LogP) is 4.87. The highest BCUT2D eigenvalue weighted by atomic mass is 16.9. The molecule has 216 valence electrons. The molecule has 0 saturated heterocycles. The van der Waals surface area contributed by atoms with Gasteiger partial charge in [-0.2, -0.15) is 10.2 Å². The third kappa shape index (κ3) is 6.52. The van der Waals surface area contributed by atoms with Crippen LogP contribution in [0.15, 0.2) is 66.7 Å². The quantitative estimate of drug-likeness (QED) is 0.0843. The number of H-pyrrole nitrogens is 1. The van der Waals surface area contributed by atoms with E-state index in [4.69, 9.17) is 9.47 Å². The molecule has 5 aromatic rings. The van der Waals surface area contributed by atoms with Crippen LogP contribution in [0.5, 0.6) is 6.01 Å². The Kier molecular flexibility index (Phi) is 8.97. The van der Waals surface area contributed by atoms with Gasteiger partial charge in [-0.05, 0) is 60.2 Å². The Morgan fingerprint density at radius 1 is 0.976 bits per heavy atom. The second kappa shape index (κ2) is 13.4. The number of ether oxygens (including phenoxy) is 2. The molecule has 0 fully saturated rings. The van der Waals surface area contributed by atoms with Gasteiger partial charge in [0, 0.05) is 5.56 Å². The largest absolute Gasteiger partial charge is 0.465 e. The van der Waals surface area contributed by atoms with Gasteiger partial charge in [0.15, 0.2) is 0 Å². The maximum Gasteiger partial charge on any atom is 0.340 e. The number of para-hydroxylation sites is 1. The standard InChI is InChI=1S/C29H29N7O6/c1-2-40-29-30-25-12-8-11-24(28(37)41-17-6-3-7-18-42-36(38)39)26(25)35(29)19-20-13-15-21(16-14-20)22-9-4-5-10-23(22)27-31-33-34-32-27/h4-5,8-16H,2-3,6-7,17-19H2,1H3,(H,31,32,33,34). The molecule has 0 aliphatic carbocycles. The molecule has 13 nitrogen and oxygen atoms in total.